The normalized spacial score (nSPS) is 27.0. The van der Waals surface area contributed by atoms with E-state index >= 15 is 0 Å². The first-order chi connectivity index (χ1) is 11.4. The van der Waals surface area contributed by atoms with Crippen molar-refractivity contribution in [3.05, 3.63) is 34.9 Å². The van der Waals surface area contributed by atoms with Crippen molar-refractivity contribution in [3.63, 3.8) is 0 Å². The summed E-state index contributed by atoms with van der Waals surface area (Å²) in [4.78, 5) is 15.0. The van der Waals surface area contributed by atoms with E-state index < -0.39 is 0 Å². The summed E-state index contributed by atoms with van der Waals surface area (Å²) in [5.41, 5.74) is 0.856. The number of carbonyl (C=O) groups excluding carboxylic acids is 1. The summed E-state index contributed by atoms with van der Waals surface area (Å²) in [5.74, 6) is 0.294. The van der Waals surface area contributed by atoms with Gasteiger partial charge in [0.2, 0.25) is 5.91 Å². The Kier molecular flexibility index (Phi) is 5.22. The summed E-state index contributed by atoms with van der Waals surface area (Å²) in [6.45, 7) is 6.78. The summed E-state index contributed by atoms with van der Waals surface area (Å²) < 4.78 is 5.94. The number of carbonyl (C=O) groups is 1. The van der Waals surface area contributed by atoms with Gasteiger partial charge >= 0.3 is 0 Å². The number of benzene rings is 1. The molecule has 1 aromatic carbocycles. The SMILES string of the molecule is CC1(C)CC(CC(=O)N2CCCCC2)(c2ccc(Cl)cc2)CCO1. The highest BCUT2D eigenvalue weighted by atomic mass is 35.5. The molecule has 0 aromatic heterocycles. The minimum absolute atomic E-state index is 0.152. The third kappa shape index (κ3) is 3.94. The third-order valence-corrected chi connectivity index (χ3v) is 5.74. The van der Waals surface area contributed by atoms with E-state index in [1.165, 1.54) is 12.0 Å². The molecular formula is C20H28ClNO2. The highest BCUT2D eigenvalue weighted by Crippen LogP contribution is 2.44. The second-order valence-corrected chi connectivity index (χ2v) is 8.38. The first-order valence-electron chi connectivity index (χ1n) is 9.08. The topological polar surface area (TPSA) is 29.5 Å². The molecule has 4 heteroatoms. The largest absolute Gasteiger partial charge is 0.376 e. The van der Waals surface area contributed by atoms with Crippen LogP contribution in [0, 0.1) is 0 Å². The van der Waals surface area contributed by atoms with E-state index in [1.807, 2.05) is 12.1 Å². The molecule has 2 heterocycles. The lowest BCUT2D eigenvalue weighted by atomic mass is 9.67. The number of nitrogens with zero attached hydrogens (tertiary/aromatic N) is 1. The molecule has 3 rings (SSSR count). The Balaban J connectivity index is 1.87. The average molecular weight is 350 g/mol. The van der Waals surface area contributed by atoms with Crippen molar-refractivity contribution in [3.8, 4) is 0 Å². The summed E-state index contributed by atoms with van der Waals surface area (Å²) in [6, 6.07) is 8.05. The zero-order chi connectivity index (χ0) is 17.2. The molecule has 2 fully saturated rings. The number of rotatable bonds is 3. The van der Waals surface area contributed by atoms with Crippen LogP contribution < -0.4 is 0 Å². The second-order valence-electron chi connectivity index (χ2n) is 7.94. The number of hydrogen-bond donors (Lipinski definition) is 0. The number of piperidine rings is 1. The molecule has 2 aliphatic heterocycles. The molecule has 3 nitrogen and oxygen atoms in total. The van der Waals surface area contributed by atoms with Crippen LogP contribution in [-0.4, -0.2) is 36.1 Å². The molecule has 1 aromatic rings. The van der Waals surface area contributed by atoms with Gasteiger partial charge in [-0.05, 0) is 63.6 Å². The van der Waals surface area contributed by atoms with E-state index in [2.05, 4.69) is 30.9 Å². The Morgan fingerprint density at radius 3 is 2.46 bits per heavy atom. The minimum atomic E-state index is -0.208. The lowest BCUT2D eigenvalue weighted by Crippen LogP contribution is -2.47. The highest BCUT2D eigenvalue weighted by Gasteiger charge is 2.44. The van der Waals surface area contributed by atoms with Crippen LogP contribution in [0.5, 0.6) is 0 Å². The predicted molar refractivity (Wildman–Crippen MR) is 97.4 cm³/mol. The number of likely N-dealkylation sites (tertiary alicyclic amines) is 1. The summed E-state index contributed by atoms with van der Waals surface area (Å²) in [7, 11) is 0. The van der Waals surface area contributed by atoms with Gasteiger partial charge in [-0.1, -0.05) is 23.7 Å². The first kappa shape index (κ1) is 17.8. The fourth-order valence-electron chi connectivity index (χ4n) is 4.32. The van der Waals surface area contributed by atoms with Crippen molar-refractivity contribution < 1.29 is 9.53 Å². The molecule has 0 spiro atoms. The van der Waals surface area contributed by atoms with E-state index in [4.69, 9.17) is 16.3 Å². The summed E-state index contributed by atoms with van der Waals surface area (Å²) in [6.07, 6.45) is 5.83. The van der Waals surface area contributed by atoms with Crippen molar-refractivity contribution in [1.82, 2.24) is 4.90 Å². The molecule has 1 unspecified atom stereocenters. The van der Waals surface area contributed by atoms with E-state index in [9.17, 15) is 4.79 Å². The maximum atomic E-state index is 13.0. The smallest absolute Gasteiger partial charge is 0.223 e. The zero-order valence-electron chi connectivity index (χ0n) is 14.8. The fraction of sp³-hybridized carbons (Fsp3) is 0.650. The van der Waals surface area contributed by atoms with Crippen LogP contribution in [0.3, 0.4) is 0 Å². The van der Waals surface area contributed by atoms with Crippen molar-refractivity contribution in [2.75, 3.05) is 19.7 Å². The fourth-order valence-corrected chi connectivity index (χ4v) is 4.45. The maximum Gasteiger partial charge on any atom is 0.223 e. The average Bonchev–Trinajstić information content (AvgIpc) is 2.55. The zero-order valence-corrected chi connectivity index (χ0v) is 15.6. The maximum absolute atomic E-state index is 13.0. The lowest BCUT2D eigenvalue weighted by Gasteiger charge is -2.46. The van der Waals surface area contributed by atoms with E-state index in [1.54, 1.807) is 0 Å². The van der Waals surface area contributed by atoms with Gasteiger partial charge in [-0.2, -0.15) is 0 Å². The standard InChI is InChI=1S/C20H28ClNO2/c1-19(2)15-20(10-13-24-19,16-6-8-17(21)9-7-16)14-18(23)22-11-4-3-5-12-22/h6-9H,3-5,10-15H2,1-2H3. The van der Waals surface area contributed by atoms with Crippen molar-refractivity contribution in [2.45, 2.75) is 63.4 Å². The predicted octanol–water partition coefficient (Wildman–Crippen LogP) is 4.57. The van der Waals surface area contributed by atoms with Gasteiger partial charge < -0.3 is 9.64 Å². The van der Waals surface area contributed by atoms with Gasteiger partial charge in [-0.15, -0.1) is 0 Å². The van der Waals surface area contributed by atoms with Crippen LogP contribution in [0.2, 0.25) is 5.02 Å². The van der Waals surface area contributed by atoms with Crippen LogP contribution in [0.1, 0.15) is 57.9 Å². The molecule has 1 amide bonds. The van der Waals surface area contributed by atoms with E-state index in [0.29, 0.717) is 18.9 Å². The van der Waals surface area contributed by atoms with Crippen molar-refractivity contribution in [2.24, 2.45) is 0 Å². The Labute approximate surface area is 150 Å². The molecule has 0 saturated carbocycles. The molecule has 1 atom stereocenters. The quantitative estimate of drug-likeness (QED) is 0.800. The van der Waals surface area contributed by atoms with Crippen LogP contribution in [0.4, 0.5) is 0 Å². The van der Waals surface area contributed by atoms with E-state index in [0.717, 1.165) is 43.8 Å². The van der Waals surface area contributed by atoms with Gasteiger partial charge in [0.05, 0.1) is 5.60 Å². The Bertz CT molecular complexity index is 578. The number of halogens is 1. The molecule has 0 N–H and O–H groups in total. The molecular weight excluding hydrogens is 322 g/mol. The third-order valence-electron chi connectivity index (χ3n) is 5.49. The minimum Gasteiger partial charge on any atom is -0.376 e. The van der Waals surface area contributed by atoms with Gasteiger partial charge in [-0.3, -0.25) is 4.79 Å². The van der Waals surface area contributed by atoms with Gasteiger partial charge in [0.25, 0.3) is 0 Å². The van der Waals surface area contributed by atoms with Gasteiger partial charge in [0.1, 0.15) is 0 Å². The van der Waals surface area contributed by atoms with Gasteiger partial charge in [0, 0.05) is 36.6 Å². The number of ether oxygens (including phenoxy) is 1. The molecule has 0 radical (unpaired) electrons. The van der Waals surface area contributed by atoms with Crippen LogP contribution in [0.25, 0.3) is 0 Å². The Hall–Kier alpha value is -1.06. The van der Waals surface area contributed by atoms with Crippen LogP contribution in [-0.2, 0) is 14.9 Å². The molecule has 132 valence electrons. The molecule has 24 heavy (non-hydrogen) atoms. The van der Waals surface area contributed by atoms with Crippen molar-refractivity contribution in [1.29, 1.82) is 0 Å². The van der Waals surface area contributed by atoms with Crippen LogP contribution in [0.15, 0.2) is 24.3 Å². The van der Waals surface area contributed by atoms with E-state index in [-0.39, 0.29) is 11.0 Å². The molecule has 2 saturated heterocycles. The van der Waals surface area contributed by atoms with Crippen LogP contribution >= 0.6 is 11.6 Å². The van der Waals surface area contributed by atoms with Gasteiger partial charge in [-0.25, -0.2) is 0 Å². The second kappa shape index (κ2) is 7.05. The summed E-state index contributed by atoms with van der Waals surface area (Å²) >= 11 is 6.08. The Morgan fingerprint density at radius 2 is 1.83 bits per heavy atom. The first-order valence-corrected chi connectivity index (χ1v) is 9.46. The van der Waals surface area contributed by atoms with Crippen molar-refractivity contribution >= 4 is 17.5 Å². The number of hydrogen-bond acceptors (Lipinski definition) is 2. The number of amides is 1. The highest BCUT2D eigenvalue weighted by molar-refractivity contribution is 6.30. The Morgan fingerprint density at radius 1 is 1.17 bits per heavy atom. The molecule has 0 bridgehead atoms. The summed E-state index contributed by atoms with van der Waals surface area (Å²) in [5, 5.41) is 0.738. The monoisotopic (exact) mass is 349 g/mol. The molecule has 2 aliphatic rings. The molecule has 0 aliphatic carbocycles. The van der Waals surface area contributed by atoms with Gasteiger partial charge in [0.15, 0.2) is 0 Å². The lowest BCUT2D eigenvalue weighted by molar-refractivity contribution is -0.137.